The van der Waals surface area contributed by atoms with Crippen LogP contribution in [0.25, 0.3) is 0 Å². The van der Waals surface area contributed by atoms with E-state index in [1.807, 2.05) is 21.9 Å². The highest BCUT2D eigenvalue weighted by Gasteiger charge is 2.38. The maximum Gasteiger partial charge on any atom is 0.256 e. The molecule has 0 spiro atoms. The molecule has 0 aromatic carbocycles. The van der Waals surface area contributed by atoms with E-state index in [1.54, 1.807) is 18.5 Å². The van der Waals surface area contributed by atoms with Gasteiger partial charge in [-0.3, -0.25) is 4.79 Å². The van der Waals surface area contributed by atoms with Gasteiger partial charge in [-0.05, 0) is 24.8 Å². The van der Waals surface area contributed by atoms with Crippen molar-refractivity contribution in [3.05, 3.63) is 35.8 Å². The van der Waals surface area contributed by atoms with E-state index in [9.17, 15) is 4.79 Å². The Morgan fingerprint density at radius 3 is 3.26 bits per heavy atom. The van der Waals surface area contributed by atoms with Crippen molar-refractivity contribution in [2.24, 2.45) is 0 Å². The third kappa shape index (κ3) is 2.51. The molecule has 2 atom stereocenters. The number of nitrogens with zero attached hydrogens (tertiary/aromatic N) is 5. The molecule has 2 aromatic rings. The Morgan fingerprint density at radius 1 is 1.48 bits per heavy atom. The molecule has 0 saturated carbocycles. The average Bonchev–Trinajstić information content (AvgIpc) is 3.09. The molecule has 1 saturated heterocycles. The van der Waals surface area contributed by atoms with Crippen LogP contribution in [0.2, 0.25) is 0 Å². The van der Waals surface area contributed by atoms with E-state index >= 15 is 0 Å². The number of ether oxygens (including phenoxy) is 1. The van der Waals surface area contributed by atoms with Crippen LogP contribution in [0.1, 0.15) is 28.5 Å². The first-order chi connectivity index (χ1) is 11.3. The fraction of sp³-hybridized carbons (Fsp3) is 0.467. The van der Waals surface area contributed by atoms with E-state index in [2.05, 4.69) is 15.3 Å². The highest BCUT2D eigenvalue weighted by Crippen LogP contribution is 2.31. The third-order valence-electron chi connectivity index (χ3n) is 4.41. The fourth-order valence-electron chi connectivity index (χ4n) is 3.25. The summed E-state index contributed by atoms with van der Waals surface area (Å²) < 4.78 is 7.80. The van der Waals surface area contributed by atoms with E-state index in [0.717, 1.165) is 17.1 Å². The number of amides is 1. The lowest BCUT2D eigenvalue weighted by Gasteiger charge is -2.41. The Morgan fingerprint density at radius 2 is 2.39 bits per heavy atom. The Kier molecular flexibility index (Phi) is 3.78. The van der Waals surface area contributed by atoms with E-state index < -0.39 is 0 Å². The molecule has 8 heteroatoms. The molecule has 4 rings (SSSR count). The number of pyridine rings is 1. The molecular weight excluding hydrogens is 314 g/mol. The van der Waals surface area contributed by atoms with Crippen molar-refractivity contribution in [3.8, 4) is 0 Å². The van der Waals surface area contributed by atoms with E-state index in [-0.39, 0.29) is 18.1 Å². The molecule has 2 aromatic heterocycles. The van der Waals surface area contributed by atoms with Crippen LogP contribution in [0.3, 0.4) is 0 Å². The molecular formula is C15H17N5O2S. The normalized spacial score (nSPS) is 23.3. The fourth-order valence-corrected chi connectivity index (χ4v) is 3.79. The minimum Gasteiger partial charge on any atom is -0.370 e. The molecule has 0 bridgehead atoms. The molecule has 0 N–H and O–H groups in total. The zero-order valence-electron chi connectivity index (χ0n) is 12.8. The van der Waals surface area contributed by atoms with Gasteiger partial charge in [0.2, 0.25) is 0 Å². The molecule has 0 unspecified atom stereocenters. The first-order valence-corrected chi connectivity index (χ1v) is 8.79. The number of piperidine rings is 1. The zero-order valence-corrected chi connectivity index (χ0v) is 13.6. The quantitative estimate of drug-likeness (QED) is 0.774. The van der Waals surface area contributed by atoms with E-state index in [1.165, 1.54) is 11.8 Å². The first-order valence-electron chi connectivity index (χ1n) is 7.57. The molecule has 4 heterocycles. The molecule has 2 aliphatic heterocycles. The summed E-state index contributed by atoms with van der Waals surface area (Å²) in [5.74, 6) is 0.0214. The summed E-state index contributed by atoms with van der Waals surface area (Å²) in [5, 5.41) is 8.90. The number of fused-ring (bicyclic) bond motifs is 3. The highest BCUT2D eigenvalue weighted by molar-refractivity contribution is 7.98. The number of likely N-dealkylation sites (tertiary alicyclic amines) is 1. The van der Waals surface area contributed by atoms with Gasteiger partial charge in [-0.25, -0.2) is 9.67 Å². The summed E-state index contributed by atoms with van der Waals surface area (Å²) in [6.07, 6.45) is 6.28. The van der Waals surface area contributed by atoms with Crippen LogP contribution in [0.15, 0.2) is 29.6 Å². The Bertz CT molecular complexity index is 734. The molecule has 2 aliphatic rings. The molecule has 23 heavy (non-hydrogen) atoms. The van der Waals surface area contributed by atoms with Crippen LogP contribution in [-0.2, 0) is 11.3 Å². The van der Waals surface area contributed by atoms with Crippen molar-refractivity contribution in [2.45, 2.75) is 30.2 Å². The number of aromatic nitrogens is 4. The molecule has 1 fully saturated rings. The topological polar surface area (TPSA) is 73.1 Å². The minimum atomic E-state index is 0.0214. The standard InChI is InChI=1S/C15H17N5O2S/c1-23-14-11(3-2-5-16-14)15(21)19-6-4-13-12(8-19)20-10(9-22-13)7-17-18-20/h2-3,5,7,12-13H,4,6,8-9H2,1H3/t12-,13-/m1/s1. The van der Waals surface area contributed by atoms with Gasteiger partial charge in [-0.2, -0.15) is 0 Å². The second kappa shape index (κ2) is 5.93. The van der Waals surface area contributed by atoms with Gasteiger partial charge in [-0.1, -0.05) is 5.21 Å². The summed E-state index contributed by atoms with van der Waals surface area (Å²) in [7, 11) is 0. The van der Waals surface area contributed by atoms with E-state index in [4.69, 9.17) is 4.74 Å². The molecule has 0 aliphatic carbocycles. The summed E-state index contributed by atoms with van der Waals surface area (Å²) in [4.78, 5) is 19.0. The maximum absolute atomic E-state index is 12.9. The van der Waals surface area contributed by atoms with Gasteiger partial charge in [0.05, 0.1) is 36.2 Å². The lowest BCUT2D eigenvalue weighted by molar-refractivity contribution is -0.0605. The summed E-state index contributed by atoms with van der Waals surface area (Å²) in [6.45, 7) is 1.82. The average molecular weight is 331 g/mol. The van der Waals surface area contributed by atoms with Crippen molar-refractivity contribution in [1.29, 1.82) is 0 Å². The summed E-state index contributed by atoms with van der Waals surface area (Å²) >= 11 is 1.49. The number of hydrogen-bond acceptors (Lipinski definition) is 6. The van der Waals surface area contributed by atoms with Gasteiger partial charge in [0, 0.05) is 19.3 Å². The van der Waals surface area contributed by atoms with Crippen molar-refractivity contribution >= 4 is 17.7 Å². The Labute approximate surface area is 138 Å². The smallest absolute Gasteiger partial charge is 0.256 e. The number of carbonyl (C=O) groups is 1. The lowest BCUT2D eigenvalue weighted by Crippen LogP contribution is -2.50. The van der Waals surface area contributed by atoms with Gasteiger partial charge in [0.1, 0.15) is 5.03 Å². The van der Waals surface area contributed by atoms with Crippen molar-refractivity contribution in [1.82, 2.24) is 24.9 Å². The third-order valence-corrected chi connectivity index (χ3v) is 5.12. The number of rotatable bonds is 2. The molecule has 7 nitrogen and oxygen atoms in total. The summed E-state index contributed by atoms with van der Waals surface area (Å²) in [6, 6.07) is 3.68. The monoisotopic (exact) mass is 331 g/mol. The van der Waals surface area contributed by atoms with Gasteiger partial charge >= 0.3 is 0 Å². The SMILES string of the molecule is CSc1ncccc1C(=O)N1CC[C@H]2OCc3cnnn3[C@@H]2C1. The molecule has 1 amide bonds. The van der Waals surface area contributed by atoms with Crippen LogP contribution in [0, 0.1) is 0 Å². The predicted molar refractivity (Wildman–Crippen MR) is 84.2 cm³/mol. The number of thioether (sulfide) groups is 1. The van der Waals surface area contributed by atoms with Crippen LogP contribution in [0.4, 0.5) is 0 Å². The Balaban J connectivity index is 1.59. The number of hydrogen-bond donors (Lipinski definition) is 0. The Hall–Kier alpha value is -1.93. The van der Waals surface area contributed by atoms with Gasteiger partial charge < -0.3 is 9.64 Å². The molecule has 120 valence electrons. The van der Waals surface area contributed by atoms with Crippen molar-refractivity contribution in [3.63, 3.8) is 0 Å². The van der Waals surface area contributed by atoms with Crippen LogP contribution < -0.4 is 0 Å². The minimum absolute atomic E-state index is 0.0214. The predicted octanol–water partition coefficient (Wildman–Crippen LogP) is 1.38. The largest absolute Gasteiger partial charge is 0.370 e. The first kappa shape index (κ1) is 14.6. The van der Waals surface area contributed by atoms with Gasteiger partial charge in [-0.15, -0.1) is 16.9 Å². The maximum atomic E-state index is 12.9. The zero-order chi connectivity index (χ0) is 15.8. The van der Waals surface area contributed by atoms with Crippen LogP contribution >= 0.6 is 11.8 Å². The van der Waals surface area contributed by atoms with Crippen molar-refractivity contribution < 1.29 is 9.53 Å². The van der Waals surface area contributed by atoms with E-state index in [0.29, 0.717) is 25.3 Å². The highest BCUT2D eigenvalue weighted by atomic mass is 32.2. The molecule has 0 radical (unpaired) electrons. The second-order valence-electron chi connectivity index (χ2n) is 5.69. The van der Waals surface area contributed by atoms with Gasteiger partial charge in [0.15, 0.2) is 0 Å². The van der Waals surface area contributed by atoms with Crippen LogP contribution in [0.5, 0.6) is 0 Å². The van der Waals surface area contributed by atoms with Gasteiger partial charge in [0.25, 0.3) is 5.91 Å². The lowest BCUT2D eigenvalue weighted by atomic mass is 10.00. The van der Waals surface area contributed by atoms with Crippen LogP contribution in [-0.4, -0.2) is 56.2 Å². The second-order valence-corrected chi connectivity index (χ2v) is 6.48. The summed E-state index contributed by atoms with van der Waals surface area (Å²) in [5.41, 5.74) is 1.63. The van der Waals surface area contributed by atoms with Crippen molar-refractivity contribution in [2.75, 3.05) is 19.3 Å². The number of carbonyl (C=O) groups excluding carboxylic acids is 1.